The largest absolute Gasteiger partial charge is 0.508 e. The van der Waals surface area contributed by atoms with E-state index in [9.17, 15) is 20.1 Å². The summed E-state index contributed by atoms with van der Waals surface area (Å²) in [5.74, 6) is -0.679. The fourth-order valence-electron chi connectivity index (χ4n) is 1.70. The maximum Gasteiger partial charge on any atom is 0.254 e. The molecule has 1 amide bonds. The van der Waals surface area contributed by atoms with Gasteiger partial charge in [-0.2, -0.15) is 0 Å². The van der Waals surface area contributed by atoms with Gasteiger partial charge in [-0.25, -0.2) is 0 Å². The van der Waals surface area contributed by atoms with Crippen molar-refractivity contribution in [2.45, 2.75) is 26.4 Å². The molecule has 18 heavy (non-hydrogen) atoms. The van der Waals surface area contributed by atoms with Crippen molar-refractivity contribution in [3.05, 3.63) is 23.8 Å². The van der Waals surface area contributed by atoms with Gasteiger partial charge in [0.1, 0.15) is 11.5 Å². The summed E-state index contributed by atoms with van der Waals surface area (Å²) in [5.41, 5.74) is -0.802. The first kappa shape index (κ1) is 14.3. The predicted octanol–water partition coefficient (Wildman–Crippen LogP) is 1.33. The number of hydrogen-bond acceptors (Lipinski definition) is 4. The van der Waals surface area contributed by atoms with Gasteiger partial charge in [0.05, 0.1) is 5.60 Å². The molecule has 1 aromatic rings. The number of nitrogens with zero attached hydrogens (tertiary/aromatic N) is 1. The van der Waals surface area contributed by atoms with Crippen LogP contribution in [0.4, 0.5) is 0 Å². The molecule has 1 aromatic carbocycles. The minimum atomic E-state index is -0.995. The number of carbonyl (C=O) groups excluding carboxylic acids is 1. The second-order valence-electron chi connectivity index (χ2n) is 4.87. The molecule has 0 unspecified atom stereocenters. The van der Waals surface area contributed by atoms with Crippen molar-refractivity contribution < 1.29 is 20.1 Å². The van der Waals surface area contributed by atoms with Crippen molar-refractivity contribution in [2.24, 2.45) is 0 Å². The topological polar surface area (TPSA) is 81.0 Å². The van der Waals surface area contributed by atoms with Gasteiger partial charge < -0.3 is 20.2 Å². The second-order valence-corrected chi connectivity index (χ2v) is 4.87. The van der Waals surface area contributed by atoms with Crippen LogP contribution in [0, 0.1) is 0 Å². The van der Waals surface area contributed by atoms with Gasteiger partial charge in [-0.05, 0) is 32.9 Å². The van der Waals surface area contributed by atoms with Crippen LogP contribution in [0.3, 0.4) is 0 Å². The smallest absolute Gasteiger partial charge is 0.254 e. The zero-order valence-corrected chi connectivity index (χ0v) is 10.8. The standard InChI is InChI=1S/C13H19NO4/c1-4-14(8-13(2,3)18)12(17)9-5-10(15)7-11(16)6-9/h5-7,15-16,18H,4,8H2,1-3H3. The van der Waals surface area contributed by atoms with Crippen molar-refractivity contribution >= 4 is 5.91 Å². The Kier molecular flexibility index (Phi) is 4.19. The van der Waals surface area contributed by atoms with Crippen LogP contribution in [-0.2, 0) is 0 Å². The highest BCUT2D eigenvalue weighted by molar-refractivity contribution is 5.95. The third kappa shape index (κ3) is 3.92. The number of hydrogen-bond donors (Lipinski definition) is 3. The molecule has 0 fully saturated rings. The molecule has 100 valence electrons. The fourth-order valence-corrected chi connectivity index (χ4v) is 1.70. The Morgan fingerprint density at radius 2 is 1.72 bits per heavy atom. The number of carbonyl (C=O) groups is 1. The third-order valence-electron chi connectivity index (χ3n) is 2.40. The van der Waals surface area contributed by atoms with E-state index in [0.717, 1.165) is 6.07 Å². The molecule has 0 radical (unpaired) electrons. The Hall–Kier alpha value is -1.75. The van der Waals surface area contributed by atoms with E-state index in [0.29, 0.717) is 6.54 Å². The van der Waals surface area contributed by atoms with Crippen molar-refractivity contribution in [1.82, 2.24) is 4.90 Å². The van der Waals surface area contributed by atoms with Gasteiger partial charge in [-0.15, -0.1) is 0 Å². The molecule has 0 aliphatic heterocycles. The lowest BCUT2D eigenvalue weighted by Gasteiger charge is -2.28. The summed E-state index contributed by atoms with van der Waals surface area (Å²) in [6, 6.07) is 3.73. The molecule has 0 bridgehead atoms. The molecule has 0 aliphatic carbocycles. The van der Waals surface area contributed by atoms with E-state index < -0.39 is 5.60 Å². The van der Waals surface area contributed by atoms with Gasteiger partial charge in [0.25, 0.3) is 5.91 Å². The Morgan fingerprint density at radius 3 is 2.11 bits per heavy atom. The van der Waals surface area contributed by atoms with Crippen molar-refractivity contribution in [3.63, 3.8) is 0 Å². The number of rotatable bonds is 4. The van der Waals surface area contributed by atoms with Crippen molar-refractivity contribution in [3.8, 4) is 11.5 Å². The van der Waals surface area contributed by atoms with E-state index in [4.69, 9.17) is 0 Å². The van der Waals surface area contributed by atoms with Crippen molar-refractivity contribution in [2.75, 3.05) is 13.1 Å². The van der Waals surface area contributed by atoms with Gasteiger partial charge in [-0.3, -0.25) is 4.79 Å². The molecular formula is C13H19NO4. The number of phenolic OH excluding ortho intramolecular Hbond substituents is 2. The van der Waals surface area contributed by atoms with Gasteiger partial charge in [0.15, 0.2) is 0 Å². The quantitative estimate of drug-likeness (QED) is 0.756. The Morgan fingerprint density at radius 1 is 1.22 bits per heavy atom. The van der Waals surface area contributed by atoms with E-state index in [1.165, 1.54) is 17.0 Å². The average Bonchev–Trinajstić information content (AvgIpc) is 2.22. The molecule has 0 aliphatic rings. The first-order valence-electron chi connectivity index (χ1n) is 5.77. The lowest BCUT2D eigenvalue weighted by atomic mass is 10.1. The Bertz CT molecular complexity index is 417. The van der Waals surface area contributed by atoms with Crippen LogP contribution in [0.15, 0.2) is 18.2 Å². The van der Waals surface area contributed by atoms with E-state index in [1.54, 1.807) is 20.8 Å². The van der Waals surface area contributed by atoms with E-state index in [2.05, 4.69) is 0 Å². The van der Waals surface area contributed by atoms with Crippen LogP contribution in [0.1, 0.15) is 31.1 Å². The molecule has 5 nitrogen and oxygen atoms in total. The average molecular weight is 253 g/mol. The van der Waals surface area contributed by atoms with Crippen LogP contribution in [0.5, 0.6) is 11.5 Å². The Labute approximate surface area is 106 Å². The van der Waals surface area contributed by atoms with Crippen LogP contribution in [0.25, 0.3) is 0 Å². The summed E-state index contributed by atoms with van der Waals surface area (Å²) >= 11 is 0. The summed E-state index contributed by atoms with van der Waals surface area (Å²) in [6.45, 7) is 5.63. The normalized spacial score (nSPS) is 11.3. The molecule has 5 heteroatoms. The molecule has 0 spiro atoms. The second kappa shape index (κ2) is 5.27. The minimum Gasteiger partial charge on any atom is -0.508 e. The highest BCUT2D eigenvalue weighted by Gasteiger charge is 2.22. The van der Waals surface area contributed by atoms with E-state index in [-0.39, 0.29) is 29.5 Å². The van der Waals surface area contributed by atoms with Crippen molar-refractivity contribution in [1.29, 1.82) is 0 Å². The SMILES string of the molecule is CCN(CC(C)(C)O)C(=O)c1cc(O)cc(O)c1. The monoisotopic (exact) mass is 253 g/mol. The number of likely N-dealkylation sites (N-methyl/N-ethyl adjacent to an activating group) is 1. The summed E-state index contributed by atoms with van der Waals surface area (Å²) in [6.07, 6.45) is 0. The molecule has 1 rings (SSSR count). The first-order valence-corrected chi connectivity index (χ1v) is 5.77. The number of benzene rings is 1. The maximum absolute atomic E-state index is 12.2. The molecule has 0 atom stereocenters. The lowest BCUT2D eigenvalue weighted by Crippen LogP contribution is -2.42. The minimum absolute atomic E-state index is 0.169. The van der Waals surface area contributed by atoms with E-state index in [1.807, 2.05) is 0 Å². The molecule has 0 saturated heterocycles. The van der Waals surface area contributed by atoms with Crippen LogP contribution in [-0.4, -0.2) is 44.8 Å². The van der Waals surface area contributed by atoms with Crippen LogP contribution >= 0.6 is 0 Å². The molecule has 3 N–H and O–H groups in total. The van der Waals surface area contributed by atoms with Gasteiger partial charge >= 0.3 is 0 Å². The van der Waals surface area contributed by atoms with Gasteiger partial charge in [-0.1, -0.05) is 0 Å². The lowest BCUT2D eigenvalue weighted by molar-refractivity contribution is 0.0314. The summed E-state index contributed by atoms with van der Waals surface area (Å²) in [4.78, 5) is 13.6. The molecule has 0 aromatic heterocycles. The highest BCUT2D eigenvalue weighted by Crippen LogP contribution is 2.22. The van der Waals surface area contributed by atoms with Gasteiger partial charge in [0, 0.05) is 24.7 Å². The van der Waals surface area contributed by atoms with Crippen LogP contribution < -0.4 is 0 Å². The van der Waals surface area contributed by atoms with Gasteiger partial charge in [0.2, 0.25) is 0 Å². The zero-order valence-electron chi connectivity index (χ0n) is 10.8. The predicted molar refractivity (Wildman–Crippen MR) is 67.6 cm³/mol. The molecular weight excluding hydrogens is 234 g/mol. The number of amides is 1. The van der Waals surface area contributed by atoms with Crippen LogP contribution in [0.2, 0.25) is 0 Å². The first-order chi connectivity index (χ1) is 8.23. The highest BCUT2D eigenvalue weighted by atomic mass is 16.3. The number of aliphatic hydroxyl groups is 1. The molecule has 0 heterocycles. The summed E-state index contributed by atoms with van der Waals surface area (Å²) in [5, 5.41) is 28.4. The summed E-state index contributed by atoms with van der Waals surface area (Å²) < 4.78 is 0. The Balaban J connectivity index is 2.96. The van der Waals surface area contributed by atoms with E-state index >= 15 is 0 Å². The number of aromatic hydroxyl groups is 2. The zero-order chi connectivity index (χ0) is 13.9. The molecule has 0 saturated carbocycles. The number of phenols is 2. The summed E-state index contributed by atoms with van der Waals surface area (Å²) in [7, 11) is 0. The third-order valence-corrected chi connectivity index (χ3v) is 2.40. The fraction of sp³-hybridized carbons (Fsp3) is 0.462. The maximum atomic E-state index is 12.2.